The highest BCUT2D eigenvalue weighted by Gasteiger charge is 2.20. The van der Waals surface area contributed by atoms with Crippen LogP contribution < -0.4 is 0 Å². The minimum atomic E-state index is 0.817. The molecule has 0 aromatic carbocycles. The topological polar surface area (TPSA) is 3.24 Å². The van der Waals surface area contributed by atoms with E-state index in [1.54, 1.807) is 0 Å². The van der Waals surface area contributed by atoms with Crippen LogP contribution >= 0.6 is 27.7 Å². The molecule has 1 aliphatic rings. The van der Waals surface area contributed by atoms with E-state index in [1.165, 1.54) is 19.6 Å². The molecule has 0 aliphatic carbocycles. The highest BCUT2D eigenvalue weighted by Crippen LogP contribution is 2.24. The molecule has 2 atom stereocenters. The van der Waals surface area contributed by atoms with Crippen LogP contribution in [0.5, 0.6) is 0 Å². The lowest BCUT2D eigenvalue weighted by Gasteiger charge is -2.34. The summed E-state index contributed by atoms with van der Waals surface area (Å²) in [5.41, 5.74) is 0. The van der Waals surface area contributed by atoms with Gasteiger partial charge in [-0.25, -0.2) is 0 Å². The van der Waals surface area contributed by atoms with Crippen molar-refractivity contribution in [2.45, 2.75) is 24.3 Å². The van der Waals surface area contributed by atoms with Gasteiger partial charge in [-0.1, -0.05) is 29.8 Å². The van der Waals surface area contributed by atoms with E-state index in [4.69, 9.17) is 0 Å². The molecule has 1 heterocycles. The Morgan fingerprint density at radius 3 is 2.36 bits per heavy atom. The fraction of sp³-hybridized carbons (Fsp3) is 1.00. The Kier molecular flexibility index (Phi) is 4.24. The van der Waals surface area contributed by atoms with Gasteiger partial charge in [0.05, 0.1) is 0 Å². The summed E-state index contributed by atoms with van der Waals surface area (Å²) < 4.78 is 0. The molecule has 0 amide bonds. The molecule has 1 rings (SSSR count). The van der Waals surface area contributed by atoms with Crippen LogP contribution in [0.1, 0.15) is 13.8 Å². The van der Waals surface area contributed by atoms with Gasteiger partial charge in [0.2, 0.25) is 0 Å². The van der Waals surface area contributed by atoms with Gasteiger partial charge >= 0.3 is 0 Å². The van der Waals surface area contributed by atoms with Gasteiger partial charge in [-0.05, 0) is 0 Å². The fourth-order valence-corrected chi connectivity index (χ4v) is 3.47. The standard InChI is InChI=1S/C8H16BrNS/c1-7-5-10(4-3-9)6-8(2)11-7/h7-8H,3-6H2,1-2H3. The molecule has 3 heteroatoms. The van der Waals surface area contributed by atoms with Gasteiger partial charge in [-0.15, -0.1) is 0 Å². The molecule has 0 aromatic rings. The van der Waals surface area contributed by atoms with E-state index in [2.05, 4.69) is 46.4 Å². The lowest BCUT2D eigenvalue weighted by molar-refractivity contribution is 0.288. The van der Waals surface area contributed by atoms with E-state index < -0.39 is 0 Å². The first kappa shape index (κ1) is 9.87. The molecule has 0 bridgehead atoms. The van der Waals surface area contributed by atoms with Crippen LogP contribution in [0, 0.1) is 0 Å². The molecule has 0 saturated carbocycles. The largest absolute Gasteiger partial charge is 0.300 e. The molecule has 66 valence electrons. The van der Waals surface area contributed by atoms with Gasteiger partial charge < -0.3 is 4.90 Å². The molecule has 0 radical (unpaired) electrons. The minimum Gasteiger partial charge on any atom is -0.300 e. The quantitative estimate of drug-likeness (QED) is 0.678. The third-order valence-corrected chi connectivity index (χ3v) is 3.48. The number of nitrogens with zero attached hydrogens (tertiary/aromatic N) is 1. The molecular weight excluding hydrogens is 222 g/mol. The summed E-state index contributed by atoms with van der Waals surface area (Å²) in [6, 6.07) is 0. The lowest BCUT2D eigenvalue weighted by atomic mass is 10.3. The summed E-state index contributed by atoms with van der Waals surface area (Å²) in [7, 11) is 0. The maximum atomic E-state index is 3.48. The Labute approximate surface area is 82.0 Å². The first-order chi connectivity index (χ1) is 5.22. The summed E-state index contributed by atoms with van der Waals surface area (Å²) in [5, 5.41) is 2.74. The van der Waals surface area contributed by atoms with Crippen molar-refractivity contribution in [2.75, 3.05) is 25.0 Å². The summed E-state index contributed by atoms with van der Waals surface area (Å²) in [6.45, 7) is 8.37. The Morgan fingerprint density at radius 1 is 1.36 bits per heavy atom. The summed E-state index contributed by atoms with van der Waals surface area (Å²) in [5.74, 6) is 0. The van der Waals surface area contributed by atoms with E-state index >= 15 is 0 Å². The first-order valence-corrected chi connectivity index (χ1v) is 6.22. The molecule has 2 unspecified atom stereocenters. The zero-order chi connectivity index (χ0) is 8.27. The SMILES string of the molecule is CC1CN(CCBr)CC(C)S1. The van der Waals surface area contributed by atoms with Crippen LogP contribution in [-0.4, -0.2) is 40.4 Å². The second-order valence-electron chi connectivity index (χ2n) is 3.21. The zero-order valence-electron chi connectivity index (χ0n) is 7.22. The van der Waals surface area contributed by atoms with Gasteiger partial charge in [0.15, 0.2) is 0 Å². The van der Waals surface area contributed by atoms with Crippen molar-refractivity contribution in [3.05, 3.63) is 0 Å². The Morgan fingerprint density at radius 2 is 1.91 bits per heavy atom. The molecular formula is C8H16BrNS. The van der Waals surface area contributed by atoms with Crippen molar-refractivity contribution in [3.8, 4) is 0 Å². The predicted molar refractivity (Wildman–Crippen MR) is 56.7 cm³/mol. The van der Waals surface area contributed by atoms with E-state index in [1.807, 2.05) is 0 Å². The van der Waals surface area contributed by atoms with Crippen LogP contribution in [0.2, 0.25) is 0 Å². The van der Waals surface area contributed by atoms with E-state index in [0.29, 0.717) is 0 Å². The fourth-order valence-electron chi connectivity index (χ4n) is 1.59. The van der Waals surface area contributed by atoms with E-state index in [0.717, 1.165) is 15.8 Å². The van der Waals surface area contributed by atoms with Gasteiger partial charge in [0.1, 0.15) is 0 Å². The van der Waals surface area contributed by atoms with Crippen LogP contribution in [0.25, 0.3) is 0 Å². The summed E-state index contributed by atoms with van der Waals surface area (Å²) >= 11 is 5.59. The molecule has 11 heavy (non-hydrogen) atoms. The highest BCUT2D eigenvalue weighted by atomic mass is 79.9. The molecule has 0 N–H and O–H groups in total. The number of hydrogen-bond donors (Lipinski definition) is 0. The van der Waals surface area contributed by atoms with E-state index in [9.17, 15) is 0 Å². The first-order valence-electron chi connectivity index (χ1n) is 4.16. The Balaban J connectivity index is 2.30. The molecule has 1 fully saturated rings. The number of alkyl halides is 1. The average Bonchev–Trinajstić information content (AvgIpc) is 1.85. The lowest BCUT2D eigenvalue weighted by Crippen LogP contribution is -2.41. The van der Waals surface area contributed by atoms with Crippen LogP contribution in [0.15, 0.2) is 0 Å². The number of thioether (sulfide) groups is 1. The number of halogens is 1. The Bertz CT molecular complexity index is 111. The second kappa shape index (κ2) is 4.73. The third kappa shape index (κ3) is 3.34. The van der Waals surface area contributed by atoms with Crippen molar-refractivity contribution >= 4 is 27.7 Å². The van der Waals surface area contributed by atoms with Crippen molar-refractivity contribution in [3.63, 3.8) is 0 Å². The minimum absolute atomic E-state index is 0.817. The van der Waals surface area contributed by atoms with Gasteiger partial charge in [-0.2, -0.15) is 11.8 Å². The summed E-state index contributed by atoms with van der Waals surface area (Å²) in [4.78, 5) is 2.54. The van der Waals surface area contributed by atoms with Crippen LogP contribution in [0.4, 0.5) is 0 Å². The number of hydrogen-bond acceptors (Lipinski definition) is 2. The molecule has 1 aliphatic heterocycles. The van der Waals surface area contributed by atoms with Gasteiger partial charge in [0, 0.05) is 35.5 Å². The van der Waals surface area contributed by atoms with Crippen molar-refractivity contribution in [1.29, 1.82) is 0 Å². The van der Waals surface area contributed by atoms with Crippen molar-refractivity contribution in [1.82, 2.24) is 4.90 Å². The third-order valence-electron chi connectivity index (χ3n) is 1.90. The van der Waals surface area contributed by atoms with E-state index in [-0.39, 0.29) is 0 Å². The second-order valence-corrected chi connectivity index (χ2v) is 5.88. The van der Waals surface area contributed by atoms with Crippen LogP contribution in [0.3, 0.4) is 0 Å². The summed E-state index contributed by atoms with van der Waals surface area (Å²) in [6.07, 6.45) is 0. The zero-order valence-corrected chi connectivity index (χ0v) is 9.62. The molecule has 0 aromatic heterocycles. The highest BCUT2D eigenvalue weighted by molar-refractivity contribution is 9.09. The van der Waals surface area contributed by atoms with Gasteiger partial charge in [-0.3, -0.25) is 0 Å². The van der Waals surface area contributed by atoms with Crippen molar-refractivity contribution in [2.24, 2.45) is 0 Å². The molecule has 0 spiro atoms. The van der Waals surface area contributed by atoms with Crippen LogP contribution in [-0.2, 0) is 0 Å². The molecule has 1 saturated heterocycles. The normalized spacial score (nSPS) is 34.1. The Hall–Kier alpha value is 0.790. The predicted octanol–water partition coefficient (Wildman–Crippen LogP) is 2.21. The molecule has 1 nitrogen and oxygen atoms in total. The van der Waals surface area contributed by atoms with Crippen molar-refractivity contribution < 1.29 is 0 Å². The van der Waals surface area contributed by atoms with Gasteiger partial charge in [0.25, 0.3) is 0 Å². The monoisotopic (exact) mass is 237 g/mol. The maximum Gasteiger partial charge on any atom is 0.0159 e. The smallest absolute Gasteiger partial charge is 0.0159 e. The number of rotatable bonds is 2. The maximum absolute atomic E-state index is 3.48. The average molecular weight is 238 g/mol.